The summed E-state index contributed by atoms with van der Waals surface area (Å²) in [6.45, 7) is 4.15. The van der Waals surface area contributed by atoms with Crippen molar-refractivity contribution in [1.82, 2.24) is 0 Å². The first-order valence-electron chi connectivity index (χ1n) is 4.20. The fourth-order valence-electron chi connectivity index (χ4n) is 0.743. The molecule has 3 heteroatoms. The quantitative estimate of drug-likeness (QED) is 0.452. The molecule has 0 aromatic heterocycles. The second-order valence-electron chi connectivity index (χ2n) is 2.64. The van der Waals surface area contributed by atoms with Crippen molar-refractivity contribution in [2.24, 2.45) is 0 Å². The van der Waals surface area contributed by atoms with Gasteiger partial charge < -0.3 is 4.74 Å². The number of rotatable bonds is 7. The van der Waals surface area contributed by atoms with E-state index >= 15 is 0 Å². The predicted molar refractivity (Wildman–Crippen MR) is 54.7 cm³/mol. The molecule has 0 radical (unpaired) electrons. The van der Waals surface area contributed by atoms with E-state index in [4.69, 9.17) is 4.74 Å². The largest absolute Gasteiger partial charge is 0.379 e. The van der Waals surface area contributed by atoms with Crippen LogP contribution in [0.3, 0.4) is 0 Å². The van der Waals surface area contributed by atoms with Gasteiger partial charge in [0.05, 0.1) is 13.2 Å². The first-order valence-corrected chi connectivity index (χ1v) is 6.41. The topological polar surface area (TPSA) is 9.23 Å². The predicted octanol–water partition coefficient (Wildman–Crippen LogP) is 2.26. The Balaban J connectivity index is 1.66. The van der Waals surface area contributed by atoms with E-state index in [0.717, 1.165) is 18.5 Å². The minimum Gasteiger partial charge on any atom is -0.379 e. The van der Waals surface area contributed by atoms with Crippen molar-refractivity contribution in [2.75, 3.05) is 30.5 Å². The molecule has 11 heavy (non-hydrogen) atoms. The first kappa shape index (κ1) is 9.75. The van der Waals surface area contributed by atoms with Crippen LogP contribution >= 0.6 is 23.5 Å². The van der Waals surface area contributed by atoms with Crippen LogP contribution < -0.4 is 0 Å². The minimum absolute atomic E-state index is 0.839. The average Bonchev–Trinajstić information content (AvgIpc) is 2.80. The van der Waals surface area contributed by atoms with Crippen LogP contribution in [0.15, 0.2) is 0 Å². The molecular weight excluding hydrogens is 176 g/mol. The van der Waals surface area contributed by atoms with Crippen LogP contribution in [0, 0.1) is 0 Å². The Morgan fingerprint density at radius 2 is 2.36 bits per heavy atom. The standard InChI is InChI=1S/C8H16OS2/c1-2-4-10-5-3-9-6-8-7-11-8/h8H,2-7H2,1H3. The van der Waals surface area contributed by atoms with E-state index in [2.05, 4.69) is 6.92 Å². The molecule has 0 bridgehead atoms. The van der Waals surface area contributed by atoms with Crippen LogP contribution in [0.4, 0.5) is 0 Å². The third-order valence-corrected chi connectivity index (χ3v) is 3.52. The molecule has 1 rings (SSSR count). The zero-order chi connectivity index (χ0) is 7.94. The number of thioether (sulfide) groups is 2. The third-order valence-electron chi connectivity index (χ3n) is 1.43. The maximum absolute atomic E-state index is 5.46. The fourth-order valence-corrected chi connectivity index (χ4v) is 1.90. The van der Waals surface area contributed by atoms with Crippen LogP contribution in [0.2, 0.25) is 0 Å². The summed E-state index contributed by atoms with van der Waals surface area (Å²) in [7, 11) is 0. The van der Waals surface area contributed by atoms with Gasteiger partial charge in [0, 0.05) is 16.8 Å². The van der Waals surface area contributed by atoms with Gasteiger partial charge in [0.2, 0.25) is 0 Å². The Morgan fingerprint density at radius 1 is 1.55 bits per heavy atom. The van der Waals surface area contributed by atoms with E-state index in [9.17, 15) is 0 Å². The minimum atomic E-state index is 0.839. The van der Waals surface area contributed by atoms with Crippen molar-refractivity contribution in [3.63, 3.8) is 0 Å². The number of ether oxygens (including phenoxy) is 1. The SMILES string of the molecule is CCCSCCOCC1CS1. The van der Waals surface area contributed by atoms with Crippen molar-refractivity contribution in [3.8, 4) is 0 Å². The lowest BCUT2D eigenvalue weighted by molar-refractivity contribution is 0.158. The molecule has 1 nitrogen and oxygen atoms in total. The van der Waals surface area contributed by atoms with Crippen molar-refractivity contribution < 1.29 is 4.74 Å². The molecular formula is C8H16OS2. The van der Waals surface area contributed by atoms with Crippen molar-refractivity contribution in [2.45, 2.75) is 18.6 Å². The van der Waals surface area contributed by atoms with E-state index in [1.165, 1.54) is 23.7 Å². The Kier molecular flexibility index (Phi) is 5.50. The van der Waals surface area contributed by atoms with Crippen LogP contribution in [0.5, 0.6) is 0 Å². The van der Waals surface area contributed by atoms with Crippen LogP contribution in [-0.4, -0.2) is 35.7 Å². The summed E-state index contributed by atoms with van der Waals surface area (Å²) in [6.07, 6.45) is 1.28. The number of hydrogen-bond donors (Lipinski definition) is 0. The fraction of sp³-hybridized carbons (Fsp3) is 1.00. The lowest BCUT2D eigenvalue weighted by Gasteiger charge is -2.00. The van der Waals surface area contributed by atoms with Gasteiger partial charge in [0.15, 0.2) is 0 Å². The maximum Gasteiger partial charge on any atom is 0.0593 e. The number of hydrogen-bond acceptors (Lipinski definition) is 3. The van der Waals surface area contributed by atoms with Gasteiger partial charge in [-0.05, 0) is 12.2 Å². The lowest BCUT2D eigenvalue weighted by atomic mass is 10.5. The molecule has 0 aromatic rings. The molecule has 1 unspecified atom stereocenters. The van der Waals surface area contributed by atoms with E-state index in [1.807, 2.05) is 23.5 Å². The summed E-state index contributed by atoms with van der Waals surface area (Å²) in [5.74, 6) is 3.77. The molecule has 0 N–H and O–H groups in total. The summed E-state index contributed by atoms with van der Waals surface area (Å²) in [6, 6.07) is 0. The van der Waals surface area contributed by atoms with Crippen LogP contribution in [0.1, 0.15) is 13.3 Å². The van der Waals surface area contributed by atoms with Gasteiger partial charge in [-0.15, -0.1) is 0 Å². The van der Waals surface area contributed by atoms with E-state index in [-0.39, 0.29) is 0 Å². The molecule has 1 aliphatic heterocycles. The molecule has 0 saturated carbocycles. The zero-order valence-corrected chi connectivity index (χ0v) is 8.68. The zero-order valence-electron chi connectivity index (χ0n) is 7.04. The summed E-state index contributed by atoms with van der Waals surface area (Å²) in [5.41, 5.74) is 0. The summed E-state index contributed by atoms with van der Waals surface area (Å²) in [5, 5.41) is 0.839. The van der Waals surface area contributed by atoms with E-state index < -0.39 is 0 Å². The summed E-state index contributed by atoms with van der Waals surface area (Å²) >= 11 is 4.00. The van der Waals surface area contributed by atoms with Gasteiger partial charge in [-0.3, -0.25) is 0 Å². The highest BCUT2D eigenvalue weighted by molar-refractivity contribution is 8.06. The molecule has 1 fully saturated rings. The Bertz CT molecular complexity index is 94.1. The molecule has 66 valence electrons. The highest BCUT2D eigenvalue weighted by Gasteiger charge is 2.21. The second-order valence-corrected chi connectivity index (χ2v) is 5.20. The molecule has 0 aliphatic carbocycles. The average molecular weight is 192 g/mol. The Morgan fingerprint density at radius 3 is 3.00 bits per heavy atom. The van der Waals surface area contributed by atoms with Crippen molar-refractivity contribution in [1.29, 1.82) is 0 Å². The second kappa shape index (κ2) is 6.21. The molecule has 1 saturated heterocycles. The van der Waals surface area contributed by atoms with Crippen molar-refractivity contribution in [3.05, 3.63) is 0 Å². The normalized spacial score (nSPS) is 22.1. The summed E-state index contributed by atoms with van der Waals surface area (Å²) in [4.78, 5) is 0. The van der Waals surface area contributed by atoms with Gasteiger partial charge in [0.25, 0.3) is 0 Å². The Labute approximate surface area is 77.6 Å². The van der Waals surface area contributed by atoms with Gasteiger partial charge in [-0.2, -0.15) is 23.5 Å². The molecule has 1 heterocycles. The molecule has 1 aliphatic rings. The van der Waals surface area contributed by atoms with E-state index in [1.54, 1.807) is 0 Å². The van der Waals surface area contributed by atoms with Gasteiger partial charge >= 0.3 is 0 Å². The monoisotopic (exact) mass is 192 g/mol. The van der Waals surface area contributed by atoms with Gasteiger partial charge in [-0.1, -0.05) is 6.92 Å². The van der Waals surface area contributed by atoms with Gasteiger partial charge in [0.1, 0.15) is 0 Å². The smallest absolute Gasteiger partial charge is 0.0593 e. The third kappa shape index (κ3) is 5.88. The molecule has 0 aromatic carbocycles. The Hall–Kier alpha value is 0.660. The van der Waals surface area contributed by atoms with Crippen LogP contribution in [0.25, 0.3) is 0 Å². The molecule has 0 amide bonds. The maximum atomic E-state index is 5.46. The lowest BCUT2D eigenvalue weighted by Crippen LogP contribution is -2.03. The van der Waals surface area contributed by atoms with Gasteiger partial charge in [-0.25, -0.2) is 0 Å². The molecule has 0 spiro atoms. The highest BCUT2D eigenvalue weighted by Crippen LogP contribution is 2.29. The van der Waals surface area contributed by atoms with Crippen molar-refractivity contribution >= 4 is 23.5 Å². The first-order chi connectivity index (χ1) is 5.43. The summed E-state index contributed by atoms with van der Waals surface area (Å²) < 4.78 is 5.46. The van der Waals surface area contributed by atoms with Crippen LogP contribution in [-0.2, 0) is 4.74 Å². The van der Waals surface area contributed by atoms with E-state index in [0.29, 0.717) is 0 Å². The molecule has 1 atom stereocenters. The highest BCUT2D eigenvalue weighted by atomic mass is 32.2.